The number of methoxy groups -OCH3 is 1. The highest BCUT2D eigenvalue weighted by molar-refractivity contribution is 7.20. The van der Waals surface area contributed by atoms with E-state index in [1.54, 1.807) is 18.4 Å². The molecule has 4 rings (SSSR count). The fraction of sp³-hybridized carbons (Fsp3) is 0.250. The molecule has 0 spiro atoms. The summed E-state index contributed by atoms with van der Waals surface area (Å²) in [6.07, 6.45) is 0. The summed E-state index contributed by atoms with van der Waals surface area (Å²) in [6, 6.07) is 18.1. The van der Waals surface area contributed by atoms with Crippen LogP contribution in [0.1, 0.15) is 21.3 Å². The second kappa shape index (κ2) is 8.08. The molecule has 4 nitrogen and oxygen atoms in total. The van der Waals surface area contributed by atoms with E-state index in [-0.39, 0.29) is 24.4 Å². The van der Waals surface area contributed by atoms with Crippen LogP contribution in [-0.4, -0.2) is 37.6 Å². The second-order valence-electron chi connectivity index (χ2n) is 6.11. The van der Waals surface area contributed by atoms with Crippen molar-refractivity contribution in [3.8, 4) is 5.75 Å². The van der Waals surface area contributed by atoms with Crippen LogP contribution < -0.4 is 10.1 Å². The molecule has 136 valence electrons. The number of hydrogen-bond acceptors (Lipinski definition) is 4. The van der Waals surface area contributed by atoms with Gasteiger partial charge in [-0.1, -0.05) is 36.4 Å². The van der Waals surface area contributed by atoms with Crippen LogP contribution in [0.2, 0.25) is 0 Å². The van der Waals surface area contributed by atoms with Gasteiger partial charge in [-0.25, -0.2) is 0 Å². The van der Waals surface area contributed by atoms with E-state index in [0.29, 0.717) is 6.54 Å². The van der Waals surface area contributed by atoms with E-state index in [2.05, 4.69) is 17.4 Å². The Hall–Kier alpha value is -2.08. The third-order valence-corrected chi connectivity index (χ3v) is 5.74. The zero-order chi connectivity index (χ0) is 17.2. The molecule has 1 N–H and O–H groups in total. The third kappa shape index (κ3) is 3.43. The van der Waals surface area contributed by atoms with E-state index in [1.165, 1.54) is 0 Å². The summed E-state index contributed by atoms with van der Waals surface area (Å²) in [5.41, 5.74) is 1.05. The van der Waals surface area contributed by atoms with Gasteiger partial charge in [-0.05, 0) is 23.6 Å². The maximum atomic E-state index is 13.2. The monoisotopic (exact) mass is 388 g/mol. The van der Waals surface area contributed by atoms with Crippen molar-refractivity contribution in [3.05, 3.63) is 65.0 Å². The first-order valence-electron chi connectivity index (χ1n) is 8.41. The minimum atomic E-state index is -0.0254. The maximum absolute atomic E-state index is 13.2. The van der Waals surface area contributed by atoms with Gasteiger partial charge in [0.05, 0.1) is 18.0 Å². The smallest absolute Gasteiger partial charge is 0.264 e. The fourth-order valence-corrected chi connectivity index (χ4v) is 4.41. The molecular weight excluding hydrogens is 368 g/mol. The Morgan fingerprint density at radius 3 is 2.77 bits per heavy atom. The summed E-state index contributed by atoms with van der Waals surface area (Å²) in [5, 5.41) is 4.53. The fourth-order valence-electron chi connectivity index (χ4n) is 3.40. The predicted octanol–water partition coefficient (Wildman–Crippen LogP) is 4.12. The SMILES string of the molecule is COc1ccccc1C1CNCCN1C(=O)c1cc2ccccc2s1.Cl. The summed E-state index contributed by atoms with van der Waals surface area (Å²) in [4.78, 5) is 16.0. The Kier molecular flexibility index (Phi) is 5.81. The summed E-state index contributed by atoms with van der Waals surface area (Å²) >= 11 is 1.56. The van der Waals surface area contributed by atoms with Gasteiger partial charge in [-0.3, -0.25) is 4.79 Å². The number of amides is 1. The maximum Gasteiger partial charge on any atom is 0.264 e. The minimum Gasteiger partial charge on any atom is -0.496 e. The van der Waals surface area contributed by atoms with Gasteiger partial charge < -0.3 is 15.0 Å². The topological polar surface area (TPSA) is 41.6 Å². The van der Waals surface area contributed by atoms with Gasteiger partial charge in [-0.2, -0.15) is 0 Å². The quantitative estimate of drug-likeness (QED) is 0.733. The molecule has 1 aromatic heterocycles. The first kappa shape index (κ1) is 18.7. The van der Waals surface area contributed by atoms with Gasteiger partial charge in [0.25, 0.3) is 5.91 Å². The van der Waals surface area contributed by atoms with Gasteiger partial charge in [0, 0.05) is 29.9 Å². The first-order chi connectivity index (χ1) is 12.3. The average Bonchev–Trinajstić information content (AvgIpc) is 3.11. The molecule has 1 atom stereocenters. The number of halogens is 1. The van der Waals surface area contributed by atoms with E-state index in [9.17, 15) is 4.79 Å². The molecule has 2 heterocycles. The van der Waals surface area contributed by atoms with Crippen molar-refractivity contribution < 1.29 is 9.53 Å². The molecule has 0 radical (unpaired) electrons. The number of hydrogen-bond donors (Lipinski definition) is 1. The summed E-state index contributed by atoms with van der Waals surface area (Å²) in [6.45, 7) is 2.23. The van der Waals surface area contributed by atoms with Crippen LogP contribution in [0.25, 0.3) is 10.1 Å². The Morgan fingerprint density at radius 2 is 1.96 bits per heavy atom. The van der Waals surface area contributed by atoms with Crippen molar-refractivity contribution >= 4 is 39.7 Å². The number of rotatable bonds is 3. The Labute approximate surface area is 163 Å². The average molecular weight is 389 g/mol. The van der Waals surface area contributed by atoms with Gasteiger partial charge in [0.1, 0.15) is 5.75 Å². The number of carbonyl (C=O) groups is 1. The van der Waals surface area contributed by atoms with Crippen LogP contribution in [0, 0.1) is 0 Å². The van der Waals surface area contributed by atoms with Crippen LogP contribution in [0.5, 0.6) is 5.75 Å². The number of benzene rings is 2. The molecule has 2 aromatic carbocycles. The van der Waals surface area contributed by atoms with Crippen LogP contribution >= 0.6 is 23.7 Å². The molecule has 0 bridgehead atoms. The minimum absolute atomic E-state index is 0. The number of fused-ring (bicyclic) bond motifs is 1. The summed E-state index contributed by atoms with van der Waals surface area (Å²) in [5.74, 6) is 0.920. The molecule has 1 aliphatic heterocycles. The van der Waals surface area contributed by atoms with Crippen molar-refractivity contribution in [1.29, 1.82) is 0 Å². The standard InChI is InChI=1S/C20H20N2O2S.ClH/c1-24-17-8-4-3-7-15(17)16-13-21-10-11-22(16)20(23)19-12-14-6-2-5-9-18(14)25-19;/h2-9,12,16,21H,10-11,13H2,1H3;1H. The van der Waals surface area contributed by atoms with Crippen LogP contribution in [-0.2, 0) is 0 Å². The number of thiophene rings is 1. The van der Waals surface area contributed by atoms with Crippen molar-refractivity contribution in [2.45, 2.75) is 6.04 Å². The molecular formula is C20H21ClN2O2S. The second-order valence-corrected chi connectivity index (χ2v) is 7.19. The van der Waals surface area contributed by atoms with Crippen molar-refractivity contribution in [1.82, 2.24) is 10.2 Å². The van der Waals surface area contributed by atoms with E-state index in [0.717, 1.165) is 39.4 Å². The zero-order valence-corrected chi connectivity index (χ0v) is 16.1. The number of nitrogens with one attached hydrogen (secondary N) is 1. The number of ether oxygens (including phenoxy) is 1. The lowest BCUT2D eigenvalue weighted by Crippen LogP contribution is -2.48. The summed E-state index contributed by atoms with van der Waals surface area (Å²) < 4.78 is 6.67. The van der Waals surface area contributed by atoms with Crippen LogP contribution in [0.15, 0.2) is 54.6 Å². The first-order valence-corrected chi connectivity index (χ1v) is 9.23. The van der Waals surface area contributed by atoms with Gasteiger partial charge in [0.2, 0.25) is 0 Å². The Balaban J connectivity index is 0.00000196. The molecule has 1 aliphatic rings. The predicted molar refractivity (Wildman–Crippen MR) is 109 cm³/mol. The molecule has 1 saturated heterocycles. The van der Waals surface area contributed by atoms with Crippen molar-refractivity contribution in [2.75, 3.05) is 26.7 Å². The molecule has 1 fully saturated rings. The van der Waals surface area contributed by atoms with Crippen LogP contribution in [0.3, 0.4) is 0 Å². The normalized spacial score (nSPS) is 17.0. The van der Waals surface area contributed by atoms with Gasteiger partial charge >= 0.3 is 0 Å². The third-order valence-electron chi connectivity index (χ3n) is 4.64. The van der Waals surface area contributed by atoms with Crippen molar-refractivity contribution in [3.63, 3.8) is 0 Å². The van der Waals surface area contributed by atoms with Gasteiger partial charge in [-0.15, -0.1) is 23.7 Å². The lowest BCUT2D eigenvalue weighted by atomic mass is 10.0. The number of nitrogens with zero attached hydrogens (tertiary/aromatic N) is 1. The lowest BCUT2D eigenvalue weighted by molar-refractivity contribution is 0.0637. The van der Waals surface area contributed by atoms with Crippen molar-refractivity contribution in [2.24, 2.45) is 0 Å². The zero-order valence-electron chi connectivity index (χ0n) is 14.5. The molecule has 1 amide bonds. The molecule has 6 heteroatoms. The molecule has 3 aromatic rings. The Bertz CT molecular complexity index is 878. The van der Waals surface area contributed by atoms with Gasteiger partial charge in [0.15, 0.2) is 0 Å². The number of carbonyl (C=O) groups excluding carboxylic acids is 1. The number of para-hydroxylation sites is 1. The largest absolute Gasteiger partial charge is 0.496 e. The highest BCUT2D eigenvalue weighted by Gasteiger charge is 2.31. The highest BCUT2D eigenvalue weighted by Crippen LogP contribution is 2.33. The molecule has 0 aliphatic carbocycles. The van der Waals surface area contributed by atoms with E-state index < -0.39 is 0 Å². The molecule has 0 saturated carbocycles. The van der Waals surface area contributed by atoms with E-state index >= 15 is 0 Å². The summed E-state index contributed by atoms with van der Waals surface area (Å²) in [7, 11) is 1.67. The van der Waals surface area contributed by atoms with E-state index in [4.69, 9.17) is 4.74 Å². The number of piperazine rings is 1. The van der Waals surface area contributed by atoms with Crippen LogP contribution in [0.4, 0.5) is 0 Å². The molecule has 26 heavy (non-hydrogen) atoms. The van der Waals surface area contributed by atoms with E-state index in [1.807, 2.05) is 47.4 Å². The highest BCUT2D eigenvalue weighted by atomic mass is 35.5. The Morgan fingerprint density at radius 1 is 1.19 bits per heavy atom. The lowest BCUT2D eigenvalue weighted by Gasteiger charge is -2.36. The molecule has 1 unspecified atom stereocenters.